The van der Waals surface area contributed by atoms with Crippen molar-refractivity contribution in [1.29, 1.82) is 0 Å². The van der Waals surface area contributed by atoms with Crippen molar-refractivity contribution in [3.63, 3.8) is 0 Å². The second kappa shape index (κ2) is 6.33. The Morgan fingerprint density at radius 1 is 1.37 bits per heavy atom. The Balaban J connectivity index is 1.93. The molecule has 0 bridgehead atoms. The molecule has 0 spiro atoms. The van der Waals surface area contributed by atoms with Crippen LogP contribution in [-0.2, 0) is 4.79 Å². The quantitative estimate of drug-likeness (QED) is 0.808. The summed E-state index contributed by atoms with van der Waals surface area (Å²) in [5.74, 6) is 0.514. The average molecular weight is 266 g/mol. The van der Waals surface area contributed by atoms with Gasteiger partial charge in [-0.05, 0) is 6.92 Å². The maximum atomic E-state index is 10.6. The Hall–Kier alpha value is -1.89. The fourth-order valence-electron chi connectivity index (χ4n) is 2.03. The number of hydrogen-bond donors (Lipinski definition) is 1. The molecular weight excluding hydrogens is 248 g/mol. The van der Waals surface area contributed by atoms with Crippen LogP contribution in [0.5, 0.6) is 5.88 Å². The lowest BCUT2D eigenvalue weighted by molar-refractivity contribution is -0.138. The zero-order valence-corrected chi connectivity index (χ0v) is 10.9. The van der Waals surface area contributed by atoms with E-state index in [9.17, 15) is 4.79 Å². The zero-order valence-electron chi connectivity index (χ0n) is 10.9. The van der Waals surface area contributed by atoms with E-state index in [4.69, 9.17) is 9.84 Å². The number of anilines is 1. The van der Waals surface area contributed by atoms with Crippen LogP contribution in [0.2, 0.25) is 0 Å². The Kier molecular flexibility index (Phi) is 4.51. The highest BCUT2D eigenvalue weighted by Crippen LogP contribution is 2.15. The van der Waals surface area contributed by atoms with E-state index >= 15 is 0 Å². The van der Waals surface area contributed by atoms with Gasteiger partial charge in [-0.25, -0.2) is 0 Å². The maximum Gasteiger partial charge on any atom is 0.317 e. The van der Waals surface area contributed by atoms with Gasteiger partial charge >= 0.3 is 5.97 Å². The van der Waals surface area contributed by atoms with Crippen LogP contribution < -0.4 is 9.64 Å². The van der Waals surface area contributed by atoms with Gasteiger partial charge in [0.25, 0.3) is 0 Å². The molecule has 0 unspecified atom stereocenters. The first-order chi connectivity index (χ1) is 9.19. The number of ether oxygens (including phenoxy) is 1. The van der Waals surface area contributed by atoms with Crippen LogP contribution in [0.3, 0.4) is 0 Å². The summed E-state index contributed by atoms with van der Waals surface area (Å²) in [5, 5.41) is 8.75. The van der Waals surface area contributed by atoms with Crippen molar-refractivity contribution in [2.75, 3.05) is 44.2 Å². The first kappa shape index (κ1) is 13.5. The standard InChI is InChI=1S/C12H18N4O3/c1-2-19-11-8-13-7-10(14-11)16-5-3-15(4-6-16)9-12(17)18/h7-8H,2-6,9H2,1H3,(H,17,18). The molecule has 0 atom stereocenters. The number of carbonyl (C=O) groups is 1. The molecule has 1 saturated heterocycles. The van der Waals surface area contributed by atoms with Gasteiger partial charge in [-0.2, -0.15) is 4.98 Å². The minimum atomic E-state index is -0.786. The third-order valence-electron chi connectivity index (χ3n) is 2.95. The van der Waals surface area contributed by atoms with E-state index in [2.05, 4.69) is 14.9 Å². The highest BCUT2D eigenvalue weighted by molar-refractivity contribution is 5.69. The zero-order chi connectivity index (χ0) is 13.7. The van der Waals surface area contributed by atoms with Crippen LogP contribution in [0.25, 0.3) is 0 Å². The summed E-state index contributed by atoms with van der Waals surface area (Å²) >= 11 is 0. The molecule has 2 rings (SSSR count). The number of aromatic nitrogens is 2. The molecule has 1 N–H and O–H groups in total. The minimum absolute atomic E-state index is 0.0957. The normalized spacial score (nSPS) is 16.4. The van der Waals surface area contributed by atoms with E-state index in [0.29, 0.717) is 25.6 Å². The van der Waals surface area contributed by atoms with Gasteiger partial charge in [0.1, 0.15) is 0 Å². The third kappa shape index (κ3) is 3.78. The first-order valence-electron chi connectivity index (χ1n) is 6.33. The third-order valence-corrected chi connectivity index (χ3v) is 2.95. The predicted molar refractivity (Wildman–Crippen MR) is 69.5 cm³/mol. The lowest BCUT2D eigenvalue weighted by Gasteiger charge is -2.34. The minimum Gasteiger partial charge on any atom is -0.480 e. The molecule has 0 saturated carbocycles. The molecule has 19 heavy (non-hydrogen) atoms. The van der Waals surface area contributed by atoms with Crippen molar-refractivity contribution in [2.24, 2.45) is 0 Å². The van der Waals surface area contributed by atoms with Crippen molar-refractivity contribution < 1.29 is 14.6 Å². The number of carboxylic acids is 1. The molecular formula is C12H18N4O3. The molecule has 7 nitrogen and oxygen atoms in total. The van der Waals surface area contributed by atoms with Crippen LogP contribution in [-0.4, -0.2) is 65.3 Å². The van der Waals surface area contributed by atoms with E-state index in [1.165, 1.54) is 0 Å². The second-order valence-electron chi connectivity index (χ2n) is 4.31. The van der Waals surface area contributed by atoms with Gasteiger partial charge in [-0.1, -0.05) is 0 Å². The number of piperazine rings is 1. The Morgan fingerprint density at radius 3 is 2.74 bits per heavy atom. The predicted octanol–water partition coefficient (Wildman–Crippen LogP) is 0.0819. The summed E-state index contributed by atoms with van der Waals surface area (Å²) in [5.41, 5.74) is 0. The number of hydrogen-bond acceptors (Lipinski definition) is 6. The Labute approximate surface area is 111 Å². The van der Waals surface area contributed by atoms with Gasteiger partial charge < -0.3 is 14.7 Å². The number of aliphatic carboxylic acids is 1. The molecule has 1 aromatic rings. The molecule has 1 aromatic heterocycles. The van der Waals surface area contributed by atoms with Gasteiger partial charge in [0.05, 0.1) is 25.5 Å². The smallest absolute Gasteiger partial charge is 0.317 e. The second-order valence-corrected chi connectivity index (χ2v) is 4.31. The van der Waals surface area contributed by atoms with E-state index in [1.807, 2.05) is 11.8 Å². The molecule has 104 valence electrons. The fourth-order valence-corrected chi connectivity index (χ4v) is 2.03. The monoisotopic (exact) mass is 266 g/mol. The van der Waals surface area contributed by atoms with Crippen molar-refractivity contribution in [3.05, 3.63) is 12.4 Å². The van der Waals surface area contributed by atoms with Crippen molar-refractivity contribution in [1.82, 2.24) is 14.9 Å². The van der Waals surface area contributed by atoms with Crippen LogP contribution in [0.15, 0.2) is 12.4 Å². The van der Waals surface area contributed by atoms with Crippen LogP contribution >= 0.6 is 0 Å². The molecule has 1 aliphatic heterocycles. The van der Waals surface area contributed by atoms with E-state index in [0.717, 1.165) is 18.9 Å². The number of carboxylic acid groups (broad SMARTS) is 1. The fraction of sp³-hybridized carbons (Fsp3) is 0.583. The molecule has 0 radical (unpaired) electrons. The van der Waals surface area contributed by atoms with Gasteiger partial charge in [0.2, 0.25) is 5.88 Å². The van der Waals surface area contributed by atoms with Crippen molar-refractivity contribution in [2.45, 2.75) is 6.92 Å². The Bertz CT molecular complexity index is 433. The molecule has 2 heterocycles. The van der Waals surface area contributed by atoms with E-state index < -0.39 is 5.97 Å². The summed E-state index contributed by atoms with van der Waals surface area (Å²) < 4.78 is 5.32. The highest BCUT2D eigenvalue weighted by Gasteiger charge is 2.20. The van der Waals surface area contributed by atoms with Gasteiger partial charge in [0.15, 0.2) is 5.82 Å². The first-order valence-corrected chi connectivity index (χ1v) is 6.33. The van der Waals surface area contributed by atoms with Crippen LogP contribution in [0.4, 0.5) is 5.82 Å². The Morgan fingerprint density at radius 2 is 2.11 bits per heavy atom. The SMILES string of the molecule is CCOc1cncc(N2CCN(CC(=O)O)CC2)n1. The van der Waals surface area contributed by atoms with E-state index in [1.54, 1.807) is 12.4 Å². The summed E-state index contributed by atoms with van der Waals surface area (Å²) in [6.07, 6.45) is 3.29. The summed E-state index contributed by atoms with van der Waals surface area (Å²) in [7, 11) is 0. The highest BCUT2D eigenvalue weighted by atomic mass is 16.5. The van der Waals surface area contributed by atoms with Crippen LogP contribution in [0, 0.1) is 0 Å². The topological polar surface area (TPSA) is 78.8 Å². The average Bonchev–Trinajstić information content (AvgIpc) is 2.40. The van der Waals surface area contributed by atoms with Crippen LogP contribution in [0.1, 0.15) is 6.92 Å². The molecule has 0 aliphatic carbocycles. The van der Waals surface area contributed by atoms with Gasteiger partial charge in [0, 0.05) is 26.2 Å². The molecule has 1 fully saturated rings. The molecule has 0 aromatic carbocycles. The van der Waals surface area contributed by atoms with Crippen molar-refractivity contribution >= 4 is 11.8 Å². The maximum absolute atomic E-state index is 10.6. The van der Waals surface area contributed by atoms with Gasteiger partial charge in [-0.15, -0.1) is 0 Å². The summed E-state index contributed by atoms with van der Waals surface area (Å²) in [6.45, 7) is 5.48. The summed E-state index contributed by atoms with van der Waals surface area (Å²) in [6, 6.07) is 0. The van der Waals surface area contributed by atoms with E-state index in [-0.39, 0.29) is 6.54 Å². The largest absolute Gasteiger partial charge is 0.480 e. The van der Waals surface area contributed by atoms with Crippen molar-refractivity contribution in [3.8, 4) is 5.88 Å². The molecule has 7 heteroatoms. The number of rotatable bonds is 5. The molecule has 1 aliphatic rings. The lowest BCUT2D eigenvalue weighted by Crippen LogP contribution is -2.48. The molecule has 0 amide bonds. The lowest BCUT2D eigenvalue weighted by atomic mass is 10.3. The summed E-state index contributed by atoms with van der Waals surface area (Å²) in [4.78, 5) is 23.1. The number of nitrogens with zero attached hydrogens (tertiary/aromatic N) is 4. The van der Waals surface area contributed by atoms with Gasteiger partial charge in [-0.3, -0.25) is 14.7 Å².